The molecule has 1 heterocycles. The van der Waals surface area contributed by atoms with E-state index < -0.39 is 0 Å². The molecule has 0 fully saturated rings. The summed E-state index contributed by atoms with van der Waals surface area (Å²) in [6.07, 6.45) is 4.24. The zero-order valence-corrected chi connectivity index (χ0v) is 13.3. The van der Waals surface area contributed by atoms with Crippen LogP contribution in [0.1, 0.15) is 17.0 Å². The van der Waals surface area contributed by atoms with Gasteiger partial charge in [-0.05, 0) is 17.7 Å². The Labute approximate surface area is 134 Å². The van der Waals surface area contributed by atoms with Crippen molar-refractivity contribution in [1.82, 2.24) is 15.3 Å². The highest BCUT2D eigenvalue weighted by molar-refractivity contribution is 6.35. The Morgan fingerprint density at radius 3 is 2.62 bits per heavy atom. The van der Waals surface area contributed by atoms with E-state index in [-0.39, 0.29) is 0 Å². The fourth-order valence-corrected chi connectivity index (χ4v) is 2.28. The van der Waals surface area contributed by atoms with E-state index in [0.29, 0.717) is 23.1 Å². The Bertz CT molecular complexity index is 576. The second-order valence-corrected chi connectivity index (χ2v) is 5.43. The van der Waals surface area contributed by atoms with Gasteiger partial charge in [0.15, 0.2) is 0 Å². The van der Waals surface area contributed by atoms with Crippen molar-refractivity contribution in [2.75, 3.05) is 20.3 Å². The SMILES string of the molecule is COCCNCc1cnc(Cc2ccc(Cl)cc2Cl)nc1. The van der Waals surface area contributed by atoms with Gasteiger partial charge in [0.2, 0.25) is 0 Å². The number of hydrogen-bond donors (Lipinski definition) is 1. The molecule has 112 valence electrons. The Hall–Kier alpha value is -1.20. The van der Waals surface area contributed by atoms with Gasteiger partial charge in [0.1, 0.15) is 5.82 Å². The van der Waals surface area contributed by atoms with E-state index in [2.05, 4.69) is 15.3 Å². The lowest BCUT2D eigenvalue weighted by atomic mass is 10.1. The normalized spacial score (nSPS) is 10.8. The summed E-state index contributed by atoms with van der Waals surface area (Å²) < 4.78 is 4.97. The molecule has 1 aromatic heterocycles. The molecule has 0 aliphatic carbocycles. The highest BCUT2D eigenvalue weighted by Crippen LogP contribution is 2.22. The largest absolute Gasteiger partial charge is 0.383 e. The maximum Gasteiger partial charge on any atom is 0.132 e. The number of nitrogens with one attached hydrogen (secondary N) is 1. The number of halogens is 2. The van der Waals surface area contributed by atoms with Crippen molar-refractivity contribution in [2.24, 2.45) is 0 Å². The molecule has 0 aliphatic heterocycles. The van der Waals surface area contributed by atoms with Crippen molar-refractivity contribution < 1.29 is 4.74 Å². The van der Waals surface area contributed by atoms with Crippen LogP contribution in [0, 0.1) is 0 Å². The van der Waals surface area contributed by atoms with Gasteiger partial charge in [-0.1, -0.05) is 29.3 Å². The van der Waals surface area contributed by atoms with Gasteiger partial charge in [-0.2, -0.15) is 0 Å². The molecular weight excluding hydrogens is 309 g/mol. The van der Waals surface area contributed by atoms with E-state index >= 15 is 0 Å². The number of ether oxygens (including phenoxy) is 1. The summed E-state index contributed by atoms with van der Waals surface area (Å²) in [5.41, 5.74) is 2.00. The molecule has 0 unspecified atom stereocenters. The van der Waals surface area contributed by atoms with Crippen LogP contribution in [-0.4, -0.2) is 30.2 Å². The van der Waals surface area contributed by atoms with Gasteiger partial charge in [0, 0.05) is 54.6 Å². The number of aromatic nitrogens is 2. The molecule has 0 saturated carbocycles. The molecular formula is C15H17Cl2N3O. The smallest absolute Gasteiger partial charge is 0.132 e. The number of methoxy groups -OCH3 is 1. The van der Waals surface area contributed by atoms with Gasteiger partial charge in [-0.3, -0.25) is 0 Å². The van der Waals surface area contributed by atoms with Crippen molar-refractivity contribution in [3.8, 4) is 0 Å². The summed E-state index contributed by atoms with van der Waals surface area (Å²) in [7, 11) is 1.68. The summed E-state index contributed by atoms with van der Waals surface area (Å²) in [5.74, 6) is 0.736. The number of nitrogens with zero attached hydrogens (tertiary/aromatic N) is 2. The summed E-state index contributed by atoms with van der Waals surface area (Å²) in [6, 6.07) is 5.44. The van der Waals surface area contributed by atoms with Gasteiger partial charge >= 0.3 is 0 Å². The molecule has 0 aliphatic rings. The first-order valence-electron chi connectivity index (χ1n) is 6.62. The lowest BCUT2D eigenvalue weighted by Crippen LogP contribution is -2.18. The van der Waals surface area contributed by atoms with Crippen LogP contribution in [0.3, 0.4) is 0 Å². The molecule has 2 rings (SSSR count). The van der Waals surface area contributed by atoms with Gasteiger partial charge in [0.05, 0.1) is 6.61 Å². The van der Waals surface area contributed by atoms with Crippen LogP contribution in [0.15, 0.2) is 30.6 Å². The maximum atomic E-state index is 6.15. The number of hydrogen-bond acceptors (Lipinski definition) is 4. The summed E-state index contributed by atoms with van der Waals surface area (Å²) in [5, 5.41) is 4.51. The molecule has 1 N–H and O–H groups in total. The lowest BCUT2D eigenvalue weighted by molar-refractivity contribution is 0.199. The highest BCUT2D eigenvalue weighted by atomic mass is 35.5. The van der Waals surface area contributed by atoms with Crippen LogP contribution < -0.4 is 5.32 Å². The van der Waals surface area contributed by atoms with E-state index in [0.717, 1.165) is 30.0 Å². The molecule has 1 aromatic carbocycles. The van der Waals surface area contributed by atoms with Crippen molar-refractivity contribution in [3.63, 3.8) is 0 Å². The minimum atomic E-state index is 0.591. The molecule has 0 radical (unpaired) electrons. The lowest BCUT2D eigenvalue weighted by Gasteiger charge is -2.06. The first kappa shape index (κ1) is 16.2. The van der Waals surface area contributed by atoms with E-state index in [1.54, 1.807) is 13.2 Å². The monoisotopic (exact) mass is 325 g/mol. The third kappa shape index (κ3) is 5.25. The summed E-state index contributed by atoms with van der Waals surface area (Å²) in [4.78, 5) is 8.72. The molecule has 4 nitrogen and oxygen atoms in total. The van der Waals surface area contributed by atoms with E-state index in [1.807, 2.05) is 24.5 Å². The zero-order valence-electron chi connectivity index (χ0n) is 11.8. The second kappa shape index (κ2) is 8.29. The summed E-state index contributed by atoms with van der Waals surface area (Å²) >= 11 is 12.0. The van der Waals surface area contributed by atoms with Crippen molar-refractivity contribution in [1.29, 1.82) is 0 Å². The first-order chi connectivity index (χ1) is 10.2. The topological polar surface area (TPSA) is 47.0 Å². The van der Waals surface area contributed by atoms with Gasteiger partial charge in [-0.15, -0.1) is 0 Å². The van der Waals surface area contributed by atoms with Crippen LogP contribution in [0.2, 0.25) is 10.0 Å². The van der Waals surface area contributed by atoms with E-state index in [9.17, 15) is 0 Å². The van der Waals surface area contributed by atoms with Crippen molar-refractivity contribution >= 4 is 23.2 Å². The molecule has 6 heteroatoms. The zero-order chi connectivity index (χ0) is 15.1. The predicted octanol–water partition coefficient (Wildman–Crippen LogP) is 3.11. The number of rotatable bonds is 7. The van der Waals surface area contributed by atoms with Crippen molar-refractivity contribution in [2.45, 2.75) is 13.0 Å². The first-order valence-corrected chi connectivity index (χ1v) is 7.38. The Morgan fingerprint density at radius 2 is 1.95 bits per heavy atom. The van der Waals surface area contributed by atoms with Crippen molar-refractivity contribution in [3.05, 3.63) is 57.6 Å². The minimum absolute atomic E-state index is 0.591. The van der Waals surface area contributed by atoms with Crippen LogP contribution in [0.25, 0.3) is 0 Å². The van der Waals surface area contributed by atoms with E-state index in [1.165, 1.54) is 0 Å². The Kier molecular flexibility index (Phi) is 6.39. The van der Waals surface area contributed by atoms with E-state index in [4.69, 9.17) is 27.9 Å². The molecule has 0 spiro atoms. The van der Waals surface area contributed by atoms with Crippen LogP contribution >= 0.6 is 23.2 Å². The molecule has 0 amide bonds. The van der Waals surface area contributed by atoms with Crippen LogP contribution in [0.4, 0.5) is 0 Å². The maximum absolute atomic E-state index is 6.15. The third-order valence-electron chi connectivity index (χ3n) is 2.93. The standard InChI is InChI=1S/C15H17Cl2N3O/c1-21-5-4-18-8-11-9-19-15(20-10-11)6-12-2-3-13(16)7-14(12)17/h2-3,7,9-10,18H,4-6,8H2,1H3. The molecule has 21 heavy (non-hydrogen) atoms. The molecule has 0 atom stereocenters. The van der Waals surface area contributed by atoms with Gasteiger partial charge < -0.3 is 10.1 Å². The number of benzene rings is 1. The minimum Gasteiger partial charge on any atom is -0.383 e. The molecule has 2 aromatic rings. The molecule has 0 saturated heterocycles. The van der Waals surface area contributed by atoms with Crippen LogP contribution in [-0.2, 0) is 17.7 Å². The van der Waals surface area contributed by atoms with Crippen LogP contribution in [0.5, 0.6) is 0 Å². The third-order valence-corrected chi connectivity index (χ3v) is 3.52. The fourth-order valence-electron chi connectivity index (χ4n) is 1.81. The predicted molar refractivity (Wildman–Crippen MR) is 84.9 cm³/mol. The quantitative estimate of drug-likeness (QED) is 0.794. The van der Waals surface area contributed by atoms with Gasteiger partial charge in [-0.25, -0.2) is 9.97 Å². The average molecular weight is 326 g/mol. The summed E-state index contributed by atoms with van der Waals surface area (Å²) in [6.45, 7) is 2.22. The molecule has 0 bridgehead atoms. The average Bonchev–Trinajstić information content (AvgIpc) is 2.48. The van der Waals surface area contributed by atoms with Gasteiger partial charge in [0.25, 0.3) is 0 Å². The second-order valence-electron chi connectivity index (χ2n) is 4.59. The Balaban J connectivity index is 1.92. The Morgan fingerprint density at radius 1 is 1.19 bits per heavy atom. The fraction of sp³-hybridized carbons (Fsp3) is 0.333. The highest BCUT2D eigenvalue weighted by Gasteiger charge is 2.05.